The lowest BCUT2D eigenvalue weighted by atomic mass is 9.91. The van der Waals surface area contributed by atoms with Crippen molar-refractivity contribution in [3.05, 3.63) is 77.4 Å². The summed E-state index contributed by atoms with van der Waals surface area (Å²) in [6.45, 7) is 5.18. The molecule has 8 heteroatoms. The van der Waals surface area contributed by atoms with Gasteiger partial charge in [0.25, 0.3) is 11.7 Å². The Labute approximate surface area is 221 Å². The lowest BCUT2D eigenvalue weighted by molar-refractivity contribution is -0.140. The molecule has 1 unspecified atom stereocenters. The van der Waals surface area contributed by atoms with Gasteiger partial charge in [-0.1, -0.05) is 42.5 Å². The van der Waals surface area contributed by atoms with E-state index in [-0.39, 0.29) is 11.3 Å². The number of morpholine rings is 1. The fourth-order valence-corrected chi connectivity index (χ4v) is 5.56. The minimum absolute atomic E-state index is 0.0920. The smallest absolute Gasteiger partial charge is 0.295 e. The number of amides is 1. The van der Waals surface area contributed by atoms with Crippen molar-refractivity contribution in [3.8, 4) is 11.5 Å². The molecule has 1 atom stereocenters. The van der Waals surface area contributed by atoms with Crippen molar-refractivity contribution in [1.29, 1.82) is 0 Å². The number of hydrogen-bond donors (Lipinski definition) is 1. The third kappa shape index (κ3) is 4.50. The van der Waals surface area contributed by atoms with Crippen LogP contribution in [-0.4, -0.2) is 79.2 Å². The van der Waals surface area contributed by atoms with E-state index in [1.807, 2.05) is 42.5 Å². The van der Waals surface area contributed by atoms with Gasteiger partial charge in [-0.3, -0.25) is 14.5 Å². The van der Waals surface area contributed by atoms with Gasteiger partial charge < -0.3 is 24.2 Å². The molecule has 1 N–H and O–H groups in total. The van der Waals surface area contributed by atoms with Gasteiger partial charge in [0.1, 0.15) is 19.0 Å². The fourth-order valence-electron chi connectivity index (χ4n) is 5.56. The molecule has 6 rings (SSSR count). The number of carbonyl (C=O) groups is 2. The first kappa shape index (κ1) is 24.5. The number of Topliss-reactive ketones (excluding diaryl/α,β-unsaturated/α-hetero) is 1. The zero-order chi connectivity index (χ0) is 26.1. The van der Waals surface area contributed by atoms with Gasteiger partial charge in [-0.25, -0.2) is 0 Å². The Bertz CT molecular complexity index is 1410. The summed E-state index contributed by atoms with van der Waals surface area (Å²) >= 11 is 0. The van der Waals surface area contributed by atoms with E-state index in [0.717, 1.165) is 36.0 Å². The van der Waals surface area contributed by atoms with Crippen LogP contribution in [0.15, 0.2) is 66.2 Å². The van der Waals surface area contributed by atoms with Crippen LogP contribution in [0.4, 0.5) is 0 Å². The minimum atomic E-state index is -0.709. The van der Waals surface area contributed by atoms with E-state index in [1.165, 1.54) is 0 Å². The minimum Gasteiger partial charge on any atom is -0.507 e. The van der Waals surface area contributed by atoms with Crippen LogP contribution in [0.1, 0.15) is 23.6 Å². The highest BCUT2D eigenvalue weighted by Crippen LogP contribution is 2.43. The summed E-state index contributed by atoms with van der Waals surface area (Å²) < 4.78 is 16.7. The van der Waals surface area contributed by atoms with Gasteiger partial charge in [-0.05, 0) is 41.0 Å². The molecule has 8 nitrogen and oxygen atoms in total. The Balaban J connectivity index is 1.41. The normalized spacial score (nSPS) is 21.3. The van der Waals surface area contributed by atoms with Crippen molar-refractivity contribution < 1.29 is 28.9 Å². The molecule has 0 radical (unpaired) electrons. The Morgan fingerprint density at radius 1 is 0.868 bits per heavy atom. The molecule has 3 aromatic rings. The van der Waals surface area contributed by atoms with E-state index < -0.39 is 17.7 Å². The van der Waals surface area contributed by atoms with Gasteiger partial charge >= 0.3 is 0 Å². The van der Waals surface area contributed by atoms with Gasteiger partial charge in [0.05, 0.1) is 24.8 Å². The van der Waals surface area contributed by atoms with E-state index in [0.29, 0.717) is 56.5 Å². The highest BCUT2D eigenvalue weighted by molar-refractivity contribution is 6.46. The van der Waals surface area contributed by atoms with E-state index in [1.54, 1.807) is 23.1 Å². The van der Waals surface area contributed by atoms with Crippen LogP contribution in [0.25, 0.3) is 16.5 Å². The first-order valence-corrected chi connectivity index (χ1v) is 13.1. The van der Waals surface area contributed by atoms with Crippen molar-refractivity contribution in [2.75, 3.05) is 52.6 Å². The third-order valence-electron chi connectivity index (χ3n) is 7.45. The summed E-state index contributed by atoms with van der Waals surface area (Å²) in [6, 6.07) is 18.1. The number of fused-ring (bicyclic) bond motifs is 2. The largest absolute Gasteiger partial charge is 0.507 e. The molecule has 3 heterocycles. The monoisotopic (exact) mass is 514 g/mol. The Kier molecular flexibility index (Phi) is 6.74. The first-order chi connectivity index (χ1) is 18.6. The second kappa shape index (κ2) is 10.5. The van der Waals surface area contributed by atoms with Gasteiger partial charge in [-0.2, -0.15) is 0 Å². The summed E-state index contributed by atoms with van der Waals surface area (Å²) in [7, 11) is 0. The van der Waals surface area contributed by atoms with Crippen molar-refractivity contribution in [3.63, 3.8) is 0 Å². The van der Waals surface area contributed by atoms with Crippen molar-refractivity contribution in [2.24, 2.45) is 0 Å². The highest BCUT2D eigenvalue weighted by atomic mass is 16.6. The molecule has 3 aliphatic heterocycles. The highest BCUT2D eigenvalue weighted by Gasteiger charge is 2.46. The molecule has 0 aliphatic carbocycles. The van der Waals surface area contributed by atoms with Crippen LogP contribution in [0, 0.1) is 0 Å². The van der Waals surface area contributed by atoms with Crippen molar-refractivity contribution >= 4 is 28.2 Å². The molecule has 1 amide bonds. The second-order valence-corrected chi connectivity index (χ2v) is 9.73. The number of ketones is 1. The van der Waals surface area contributed by atoms with Crippen molar-refractivity contribution in [2.45, 2.75) is 12.5 Å². The number of aliphatic hydroxyl groups excluding tert-OH is 1. The molecular formula is C30H30N2O6. The second-order valence-electron chi connectivity index (χ2n) is 9.73. The van der Waals surface area contributed by atoms with E-state index in [4.69, 9.17) is 14.2 Å². The maximum absolute atomic E-state index is 13.5. The summed E-state index contributed by atoms with van der Waals surface area (Å²) in [6.07, 6.45) is 0.707. The number of ether oxygens (including phenoxy) is 3. The van der Waals surface area contributed by atoms with E-state index in [2.05, 4.69) is 4.90 Å². The maximum Gasteiger partial charge on any atom is 0.295 e. The quantitative estimate of drug-likeness (QED) is 0.305. The number of carbonyl (C=O) groups excluding carboxylic acids is 2. The number of aliphatic hydroxyl groups is 1. The first-order valence-electron chi connectivity index (χ1n) is 13.1. The van der Waals surface area contributed by atoms with Crippen LogP contribution < -0.4 is 9.47 Å². The van der Waals surface area contributed by atoms with E-state index in [9.17, 15) is 14.7 Å². The van der Waals surface area contributed by atoms with Crippen LogP contribution in [0.5, 0.6) is 11.5 Å². The molecule has 2 fully saturated rings. The molecule has 2 saturated heterocycles. The average Bonchev–Trinajstić information content (AvgIpc) is 3.21. The molecule has 38 heavy (non-hydrogen) atoms. The molecule has 3 aliphatic rings. The SMILES string of the molecule is O=C1C(=O)N(CCCN2CCOCC2)C(c2cccc3ccccc23)C1=C(O)c1ccc2c(c1)OCCO2. The molecule has 0 saturated carbocycles. The molecular weight excluding hydrogens is 484 g/mol. The summed E-state index contributed by atoms with van der Waals surface area (Å²) in [4.78, 5) is 30.9. The van der Waals surface area contributed by atoms with Crippen LogP contribution in [0.3, 0.4) is 0 Å². The number of likely N-dealkylation sites (tertiary alicyclic amines) is 1. The number of hydrogen-bond acceptors (Lipinski definition) is 7. The lowest BCUT2D eigenvalue weighted by Gasteiger charge is -2.29. The maximum atomic E-state index is 13.5. The molecule has 196 valence electrons. The molecule has 0 spiro atoms. The average molecular weight is 515 g/mol. The van der Waals surface area contributed by atoms with Crippen LogP contribution in [0.2, 0.25) is 0 Å². The Hall–Kier alpha value is -3.88. The Morgan fingerprint density at radius 3 is 2.47 bits per heavy atom. The summed E-state index contributed by atoms with van der Waals surface area (Å²) in [5.74, 6) is -0.400. The fraction of sp³-hybridized carbons (Fsp3) is 0.333. The predicted molar refractivity (Wildman–Crippen MR) is 142 cm³/mol. The van der Waals surface area contributed by atoms with E-state index >= 15 is 0 Å². The molecule has 0 bridgehead atoms. The number of benzene rings is 3. The molecule has 0 aromatic heterocycles. The van der Waals surface area contributed by atoms with Gasteiger partial charge in [0.15, 0.2) is 11.5 Å². The third-order valence-corrected chi connectivity index (χ3v) is 7.45. The number of rotatable bonds is 6. The zero-order valence-electron chi connectivity index (χ0n) is 21.1. The topological polar surface area (TPSA) is 88.5 Å². The van der Waals surface area contributed by atoms with Crippen molar-refractivity contribution in [1.82, 2.24) is 9.80 Å². The summed E-state index contributed by atoms with van der Waals surface area (Å²) in [5.41, 5.74) is 1.31. The standard InChI is InChI=1S/C30H30N2O6/c33-28(21-9-10-24-25(19-21)38-18-17-37-24)26-27(23-8-3-6-20-5-1-2-7-22(20)23)32(30(35)29(26)34)12-4-11-31-13-15-36-16-14-31/h1-3,5-10,19,27,33H,4,11-18H2. The predicted octanol–water partition coefficient (Wildman–Crippen LogP) is 3.76. The van der Waals surface area contributed by atoms with Gasteiger partial charge in [0, 0.05) is 31.7 Å². The number of nitrogens with zero attached hydrogens (tertiary/aromatic N) is 2. The van der Waals surface area contributed by atoms with Crippen LogP contribution >= 0.6 is 0 Å². The van der Waals surface area contributed by atoms with Crippen LogP contribution in [-0.2, 0) is 14.3 Å². The lowest BCUT2D eigenvalue weighted by Crippen LogP contribution is -2.39. The van der Waals surface area contributed by atoms with Gasteiger partial charge in [0.2, 0.25) is 0 Å². The summed E-state index contributed by atoms with van der Waals surface area (Å²) in [5, 5.41) is 13.5. The zero-order valence-corrected chi connectivity index (χ0v) is 21.1. The van der Waals surface area contributed by atoms with Gasteiger partial charge in [-0.15, -0.1) is 0 Å². The Morgan fingerprint density at radius 2 is 1.63 bits per heavy atom. The molecule has 3 aromatic carbocycles.